The van der Waals surface area contributed by atoms with Crippen LogP contribution < -0.4 is 0 Å². The highest BCUT2D eigenvalue weighted by molar-refractivity contribution is 7.47. The molecule has 0 aliphatic carbocycles. The zero-order valence-electron chi connectivity index (χ0n) is 62.8. The summed E-state index contributed by atoms with van der Waals surface area (Å²) >= 11 is 0. The zero-order valence-corrected chi connectivity index (χ0v) is 64.6. The van der Waals surface area contributed by atoms with Crippen molar-refractivity contribution in [3.8, 4) is 0 Å². The molecule has 0 aromatic heterocycles. The van der Waals surface area contributed by atoms with Crippen molar-refractivity contribution < 1.29 is 80.2 Å². The quantitative estimate of drug-likeness (QED) is 0.0222. The van der Waals surface area contributed by atoms with Crippen molar-refractivity contribution in [2.75, 3.05) is 39.6 Å². The topological polar surface area (TPSA) is 237 Å². The Balaban J connectivity index is 5.24. The number of ether oxygens (including phenoxy) is 4. The molecule has 0 saturated heterocycles. The van der Waals surface area contributed by atoms with Crippen molar-refractivity contribution in [3.63, 3.8) is 0 Å². The summed E-state index contributed by atoms with van der Waals surface area (Å²) < 4.78 is 68.6. The molecule has 17 nitrogen and oxygen atoms in total. The molecular formula is C77H150O17P2. The predicted octanol–water partition coefficient (Wildman–Crippen LogP) is 22.6. The van der Waals surface area contributed by atoms with Crippen LogP contribution in [0.25, 0.3) is 0 Å². The van der Waals surface area contributed by atoms with E-state index in [0.717, 1.165) is 108 Å². The molecule has 0 fully saturated rings. The molecule has 96 heavy (non-hydrogen) atoms. The first-order valence-corrected chi connectivity index (χ1v) is 42.9. The molecule has 0 aromatic rings. The number of hydrogen-bond donors (Lipinski definition) is 3. The molecule has 0 radical (unpaired) electrons. The van der Waals surface area contributed by atoms with E-state index >= 15 is 0 Å². The van der Waals surface area contributed by atoms with Gasteiger partial charge < -0.3 is 33.8 Å². The van der Waals surface area contributed by atoms with Crippen LogP contribution in [0.3, 0.4) is 0 Å². The van der Waals surface area contributed by atoms with E-state index in [1.54, 1.807) is 0 Å². The highest BCUT2D eigenvalue weighted by atomic mass is 31.2. The van der Waals surface area contributed by atoms with E-state index in [1.807, 2.05) is 0 Å². The first kappa shape index (κ1) is 94.1. The first-order chi connectivity index (χ1) is 46.3. The lowest BCUT2D eigenvalue weighted by atomic mass is 9.99. The Morgan fingerprint density at radius 1 is 0.302 bits per heavy atom. The van der Waals surface area contributed by atoms with Gasteiger partial charge in [0.1, 0.15) is 19.3 Å². The lowest BCUT2D eigenvalue weighted by Crippen LogP contribution is -2.30. The van der Waals surface area contributed by atoms with Crippen molar-refractivity contribution in [1.82, 2.24) is 0 Å². The van der Waals surface area contributed by atoms with Gasteiger partial charge in [0.25, 0.3) is 0 Å². The SMILES string of the molecule is CCCCCCCCCCCCCCCCCCCCCC(=O)O[C@H](COC(=O)CCCCCCCCCCCCC(C)CC)COP(=O)(O)OC[C@@H](O)COP(=O)(O)OC[C@@H](COC(=O)CCCCCCCCCC(C)C)OC(=O)CCCCCCCCCCCCC(C)C. The Hall–Kier alpha value is -1.94. The van der Waals surface area contributed by atoms with Crippen LogP contribution >= 0.6 is 15.6 Å². The highest BCUT2D eigenvalue weighted by Gasteiger charge is 2.30. The second-order valence-corrected chi connectivity index (χ2v) is 31.8. The fraction of sp³-hybridized carbons (Fsp3) is 0.948. The second kappa shape index (κ2) is 67.5. The van der Waals surface area contributed by atoms with Gasteiger partial charge in [0.15, 0.2) is 12.2 Å². The van der Waals surface area contributed by atoms with Crippen LogP contribution in [0.5, 0.6) is 0 Å². The highest BCUT2D eigenvalue weighted by Crippen LogP contribution is 2.45. The number of phosphoric ester groups is 2. The number of esters is 4. The Kier molecular flexibility index (Phi) is 66.2. The van der Waals surface area contributed by atoms with Crippen molar-refractivity contribution in [1.29, 1.82) is 0 Å². The van der Waals surface area contributed by atoms with Gasteiger partial charge in [-0.25, -0.2) is 9.13 Å². The van der Waals surface area contributed by atoms with Gasteiger partial charge in [-0.15, -0.1) is 0 Å². The van der Waals surface area contributed by atoms with Gasteiger partial charge in [-0.3, -0.25) is 37.3 Å². The maximum atomic E-state index is 13.1. The van der Waals surface area contributed by atoms with E-state index in [2.05, 4.69) is 48.5 Å². The third-order valence-electron chi connectivity index (χ3n) is 18.2. The minimum Gasteiger partial charge on any atom is -0.462 e. The van der Waals surface area contributed by atoms with Crippen LogP contribution in [-0.4, -0.2) is 96.7 Å². The smallest absolute Gasteiger partial charge is 0.462 e. The normalized spacial score (nSPS) is 14.3. The number of aliphatic hydroxyl groups is 1. The molecule has 6 atom stereocenters. The molecule has 570 valence electrons. The molecule has 0 aliphatic heterocycles. The first-order valence-electron chi connectivity index (χ1n) is 39.9. The summed E-state index contributed by atoms with van der Waals surface area (Å²) in [4.78, 5) is 72.8. The molecule has 0 saturated carbocycles. The lowest BCUT2D eigenvalue weighted by Gasteiger charge is -2.21. The van der Waals surface area contributed by atoms with Gasteiger partial charge in [0.05, 0.1) is 26.4 Å². The van der Waals surface area contributed by atoms with Gasteiger partial charge in [-0.2, -0.15) is 0 Å². The number of phosphoric acid groups is 2. The number of carbonyl (C=O) groups excluding carboxylic acids is 4. The molecule has 0 spiro atoms. The summed E-state index contributed by atoms with van der Waals surface area (Å²) in [6.45, 7) is 11.9. The molecule has 0 rings (SSSR count). The standard InChI is InChI=1S/C77H150O17P2/c1-8-10-11-12-13-14-15-16-17-18-19-20-21-22-23-31-38-46-53-60-76(81)93-72(64-87-74(79)58-51-44-37-30-27-25-29-36-43-50-57-70(7)9-2)66-91-95(83,84)89-62-71(78)63-90-96(85,86)92-67-73(65-88-75(80)59-52-45-40-33-35-42-49-56-69(5)6)94-77(82)61-54-47-39-32-26-24-28-34-41-48-55-68(3)4/h68-73,78H,8-67H2,1-7H3,(H,83,84)(H,85,86)/t70?,71-,72-,73-/m1/s1. The monoisotopic (exact) mass is 1410 g/mol. The minimum absolute atomic E-state index is 0.105. The average Bonchev–Trinajstić information content (AvgIpc) is 3.41. The number of carbonyl (C=O) groups is 4. The van der Waals surface area contributed by atoms with Crippen LogP contribution in [0.1, 0.15) is 395 Å². The summed E-state index contributed by atoms with van der Waals surface area (Å²) in [5.41, 5.74) is 0. The fourth-order valence-corrected chi connectivity index (χ4v) is 13.3. The van der Waals surface area contributed by atoms with Gasteiger partial charge in [0, 0.05) is 25.7 Å². The Morgan fingerprint density at radius 3 is 0.792 bits per heavy atom. The van der Waals surface area contributed by atoms with Gasteiger partial charge in [0.2, 0.25) is 0 Å². The third-order valence-corrected chi connectivity index (χ3v) is 20.1. The molecule has 0 aromatic carbocycles. The minimum atomic E-state index is -4.96. The molecule has 0 bridgehead atoms. The van der Waals surface area contributed by atoms with E-state index in [0.29, 0.717) is 31.6 Å². The van der Waals surface area contributed by atoms with Gasteiger partial charge >= 0.3 is 39.5 Å². The van der Waals surface area contributed by atoms with Crippen LogP contribution in [-0.2, 0) is 65.4 Å². The van der Waals surface area contributed by atoms with Crippen molar-refractivity contribution in [3.05, 3.63) is 0 Å². The van der Waals surface area contributed by atoms with Gasteiger partial charge in [-0.1, -0.05) is 344 Å². The molecule has 3 N–H and O–H groups in total. The van der Waals surface area contributed by atoms with E-state index in [4.69, 9.17) is 37.0 Å². The van der Waals surface area contributed by atoms with Crippen molar-refractivity contribution >= 4 is 39.5 Å². The van der Waals surface area contributed by atoms with E-state index in [1.165, 1.54) is 199 Å². The third kappa shape index (κ3) is 69.2. The molecular weight excluding hydrogens is 1260 g/mol. The Bertz CT molecular complexity index is 1870. The molecule has 0 amide bonds. The maximum Gasteiger partial charge on any atom is 0.472 e. The fourth-order valence-electron chi connectivity index (χ4n) is 11.7. The predicted molar refractivity (Wildman–Crippen MR) is 391 cm³/mol. The van der Waals surface area contributed by atoms with Gasteiger partial charge in [-0.05, 0) is 43.4 Å². The van der Waals surface area contributed by atoms with E-state index < -0.39 is 97.5 Å². The summed E-state index contributed by atoms with van der Waals surface area (Å²) in [6.07, 6.45) is 54.2. The molecule has 19 heteroatoms. The number of rotatable bonds is 75. The second-order valence-electron chi connectivity index (χ2n) is 28.9. The van der Waals surface area contributed by atoms with Crippen LogP contribution in [0.4, 0.5) is 0 Å². The van der Waals surface area contributed by atoms with E-state index in [-0.39, 0.29) is 25.7 Å². The molecule has 3 unspecified atom stereocenters. The van der Waals surface area contributed by atoms with Crippen molar-refractivity contribution in [2.24, 2.45) is 17.8 Å². The average molecular weight is 1410 g/mol. The van der Waals surface area contributed by atoms with Crippen LogP contribution in [0, 0.1) is 17.8 Å². The number of hydrogen-bond acceptors (Lipinski definition) is 15. The largest absolute Gasteiger partial charge is 0.472 e. The summed E-state index contributed by atoms with van der Waals surface area (Å²) in [5, 5.41) is 10.6. The lowest BCUT2D eigenvalue weighted by molar-refractivity contribution is -0.161. The zero-order chi connectivity index (χ0) is 70.9. The summed E-state index contributed by atoms with van der Waals surface area (Å²) in [7, 11) is -9.91. The molecule has 0 aliphatic rings. The number of unbranched alkanes of at least 4 members (excludes halogenated alkanes) is 42. The van der Waals surface area contributed by atoms with Crippen LogP contribution in [0.15, 0.2) is 0 Å². The van der Waals surface area contributed by atoms with E-state index in [9.17, 15) is 43.2 Å². The Morgan fingerprint density at radius 2 is 0.531 bits per heavy atom. The Labute approximate surface area is 588 Å². The molecule has 0 heterocycles. The number of aliphatic hydroxyl groups excluding tert-OH is 1. The maximum absolute atomic E-state index is 13.1. The van der Waals surface area contributed by atoms with Crippen molar-refractivity contribution in [2.45, 2.75) is 414 Å². The summed E-state index contributed by atoms with van der Waals surface area (Å²) in [5.74, 6) is 0.149. The van der Waals surface area contributed by atoms with Crippen LogP contribution in [0.2, 0.25) is 0 Å². The summed E-state index contributed by atoms with van der Waals surface area (Å²) in [6, 6.07) is 0.